The standard InChI is InChI=1S/C14H24N2O3/c1-10(17)15-13-6-12(4-5-14(18)19)8-16(9-13)7-11-2-3-11/h11-13H,2-9H2,1H3,(H,15,17)(H,18,19). The van der Waals surface area contributed by atoms with Crippen molar-refractivity contribution in [1.29, 1.82) is 0 Å². The summed E-state index contributed by atoms with van der Waals surface area (Å²) in [5, 5.41) is 11.8. The Hall–Kier alpha value is -1.10. The number of carboxylic acid groups (broad SMARTS) is 1. The van der Waals surface area contributed by atoms with E-state index >= 15 is 0 Å². The Kier molecular flexibility index (Phi) is 4.80. The molecular weight excluding hydrogens is 244 g/mol. The third-order valence-electron chi connectivity index (χ3n) is 4.00. The van der Waals surface area contributed by atoms with Crippen molar-refractivity contribution in [2.75, 3.05) is 19.6 Å². The number of piperidine rings is 1. The van der Waals surface area contributed by atoms with Gasteiger partial charge in [0.2, 0.25) is 5.91 Å². The first-order valence-corrected chi connectivity index (χ1v) is 7.24. The van der Waals surface area contributed by atoms with Crippen LogP contribution >= 0.6 is 0 Å². The zero-order chi connectivity index (χ0) is 13.8. The van der Waals surface area contributed by atoms with Crippen LogP contribution in [-0.4, -0.2) is 47.6 Å². The predicted molar refractivity (Wildman–Crippen MR) is 71.7 cm³/mol. The summed E-state index contributed by atoms with van der Waals surface area (Å²) >= 11 is 0. The fraction of sp³-hybridized carbons (Fsp3) is 0.857. The van der Waals surface area contributed by atoms with Gasteiger partial charge in [-0.2, -0.15) is 0 Å². The van der Waals surface area contributed by atoms with Crippen LogP contribution in [0.2, 0.25) is 0 Å². The van der Waals surface area contributed by atoms with Crippen molar-refractivity contribution in [2.45, 2.75) is 45.1 Å². The van der Waals surface area contributed by atoms with E-state index in [2.05, 4.69) is 10.2 Å². The van der Waals surface area contributed by atoms with E-state index < -0.39 is 5.97 Å². The molecule has 108 valence electrons. The zero-order valence-corrected chi connectivity index (χ0v) is 11.6. The summed E-state index contributed by atoms with van der Waals surface area (Å²) in [4.78, 5) is 24.3. The molecule has 2 N–H and O–H groups in total. The molecular formula is C14H24N2O3. The number of likely N-dealkylation sites (tertiary alicyclic amines) is 1. The van der Waals surface area contributed by atoms with Crippen molar-refractivity contribution < 1.29 is 14.7 Å². The minimum Gasteiger partial charge on any atom is -0.481 e. The van der Waals surface area contributed by atoms with Gasteiger partial charge in [-0.3, -0.25) is 9.59 Å². The monoisotopic (exact) mass is 268 g/mol. The number of nitrogens with zero attached hydrogens (tertiary/aromatic N) is 1. The van der Waals surface area contributed by atoms with Gasteiger partial charge >= 0.3 is 5.97 Å². The molecule has 5 heteroatoms. The lowest BCUT2D eigenvalue weighted by atomic mass is 9.90. The van der Waals surface area contributed by atoms with Crippen molar-refractivity contribution >= 4 is 11.9 Å². The Morgan fingerprint density at radius 3 is 2.58 bits per heavy atom. The average Bonchev–Trinajstić information content (AvgIpc) is 3.09. The Morgan fingerprint density at radius 2 is 2.00 bits per heavy atom. The fourth-order valence-electron chi connectivity index (χ4n) is 3.05. The van der Waals surface area contributed by atoms with Crippen molar-refractivity contribution in [3.63, 3.8) is 0 Å². The van der Waals surface area contributed by atoms with Crippen molar-refractivity contribution in [3.8, 4) is 0 Å². The molecule has 0 aromatic heterocycles. The lowest BCUT2D eigenvalue weighted by molar-refractivity contribution is -0.137. The van der Waals surface area contributed by atoms with Gasteiger partial charge in [0, 0.05) is 39.0 Å². The molecule has 0 spiro atoms. The Labute approximate surface area is 114 Å². The van der Waals surface area contributed by atoms with Crippen LogP contribution < -0.4 is 5.32 Å². The minimum absolute atomic E-state index is 0.00950. The first-order valence-electron chi connectivity index (χ1n) is 7.24. The molecule has 5 nitrogen and oxygen atoms in total. The summed E-state index contributed by atoms with van der Waals surface area (Å²) in [5.41, 5.74) is 0. The molecule has 1 amide bonds. The highest BCUT2D eigenvalue weighted by Crippen LogP contribution is 2.31. The molecule has 0 radical (unpaired) electrons. The SMILES string of the molecule is CC(=O)NC1CC(CCC(=O)O)CN(CC2CC2)C1. The van der Waals surface area contributed by atoms with E-state index in [1.807, 2.05) is 0 Å². The highest BCUT2D eigenvalue weighted by Gasteiger charge is 2.31. The minimum atomic E-state index is -0.726. The topological polar surface area (TPSA) is 69.6 Å². The third kappa shape index (κ3) is 5.19. The fourth-order valence-corrected chi connectivity index (χ4v) is 3.05. The van der Waals surface area contributed by atoms with Crippen molar-refractivity contribution in [2.24, 2.45) is 11.8 Å². The zero-order valence-electron chi connectivity index (χ0n) is 11.6. The second kappa shape index (κ2) is 6.37. The summed E-state index contributed by atoms with van der Waals surface area (Å²) in [6, 6.07) is 0.184. The quantitative estimate of drug-likeness (QED) is 0.756. The van der Waals surface area contributed by atoms with E-state index in [4.69, 9.17) is 5.11 Å². The van der Waals surface area contributed by atoms with E-state index in [1.165, 1.54) is 12.8 Å². The van der Waals surface area contributed by atoms with E-state index in [0.717, 1.165) is 32.0 Å². The van der Waals surface area contributed by atoms with Gasteiger partial charge < -0.3 is 15.3 Å². The number of carbonyl (C=O) groups excluding carboxylic acids is 1. The van der Waals surface area contributed by atoms with Gasteiger partial charge in [-0.25, -0.2) is 0 Å². The normalized spacial score (nSPS) is 28.1. The lowest BCUT2D eigenvalue weighted by Crippen LogP contribution is -2.50. The van der Waals surface area contributed by atoms with Crippen molar-refractivity contribution in [3.05, 3.63) is 0 Å². The Morgan fingerprint density at radius 1 is 1.26 bits per heavy atom. The molecule has 1 aliphatic heterocycles. The summed E-state index contributed by atoms with van der Waals surface area (Å²) < 4.78 is 0. The van der Waals surface area contributed by atoms with E-state index in [1.54, 1.807) is 6.92 Å². The predicted octanol–water partition coefficient (Wildman–Crippen LogP) is 1.09. The summed E-state index contributed by atoms with van der Waals surface area (Å²) in [6.07, 6.45) is 4.50. The molecule has 2 unspecified atom stereocenters. The van der Waals surface area contributed by atoms with Crippen LogP contribution in [0.15, 0.2) is 0 Å². The largest absolute Gasteiger partial charge is 0.481 e. The number of carboxylic acids is 1. The molecule has 1 saturated heterocycles. The van der Waals surface area contributed by atoms with Crippen LogP contribution in [0.3, 0.4) is 0 Å². The highest BCUT2D eigenvalue weighted by molar-refractivity contribution is 5.73. The average molecular weight is 268 g/mol. The first kappa shape index (κ1) is 14.3. The van der Waals surface area contributed by atoms with E-state index in [0.29, 0.717) is 12.3 Å². The summed E-state index contributed by atoms with van der Waals surface area (Å²) in [6.45, 7) is 4.56. The number of nitrogens with one attached hydrogen (secondary N) is 1. The molecule has 1 heterocycles. The van der Waals surface area contributed by atoms with Gasteiger partial charge in [-0.1, -0.05) is 0 Å². The van der Waals surface area contributed by atoms with Gasteiger partial charge in [0.05, 0.1) is 0 Å². The number of carbonyl (C=O) groups is 2. The summed E-state index contributed by atoms with van der Waals surface area (Å²) in [7, 11) is 0. The number of rotatable bonds is 6. The van der Waals surface area contributed by atoms with Crippen LogP contribution in [-0.2, 0) is 9.59 Å². The highest BCUT2D eigenvalue weighted by atomic mass is 16.4. The number of hydrogen-bond donors (Lipinski definition) is 2. The molecule has 1 aliphatic carbocycles. The maximum atomic E-state index is 11.2. The van der Waals surface area contributed by atoms with Gasteiger partial charge in [0.1, 0.15) is 0 Å². The van der Waals surface area contributed by atoms with Crippen molar-refractivity contribution in [1.82, 2.24) is 10.2 Å². The third-order valence-corrected chi connectivity index (χ3v) is 4.00. The maximum Gasteiger partial charge on any atom is 0.303 e. The van der Waals surface area contributed by atoms with Crippen LogP contribution in [0.25, 0.3) is 0 Å². The van der Waals surface area contributed by atoms with Gasteiger partial charge in [-0.05, 0) is 37.5 Å². The molecule has 2 atom stereocenters. The van der Waals surface area contributed by atoms with Crippen LogP contribution in [0.1, 0.15) is 39.0 Å². The molecule has 0 bridgehead atoms. The Bertz CT molecular complexity index is 342. The van der Waals surface area contributed by atoms with Gasteiger partial charge in [0.25, 0.3) is 0 Å². The molecule has 1 saturated carbocycles. The second-order valence-electron chi connectivity index (χ2n) is 6.09. The molecule has 2 aliphatic rings. The number of amides is 1. The number of aliphatic carboxylic acids is 1. The van der Waals surface area contributed by atoms with Crippen LogP contribution in [0.4, 0.5) is 0 Å². The first-order chi connectivity index (χ1) is 9.02. The molecule has 2 fully saturated rings. The lowest BCUT2D eigenvalue weighted by Gasteiger charge is -2.38. The maximum absolute atomic E-state index is 11.2. The smallest absolute Gasteiger partial charge is 0.303 e. The second-order valence-corrected chi connectivity index (χ2v) is 6.09. The van der Waals surface area contributed by atoms with E-state index in [-0.39, 0.29) is 18.4 Å². The molecule has 0 aromatic carbocycles. The van der Waals surface area contributed by atoms with Crippen LogP contribution in [0.5, 0.6) is 0 Å². The number of hydrogen-bond acceptors (Lipinski definition) is 3. The molecule has 19 heavy (non-hydrogen) atoms. The van der Waals surface area contributed by atoms with Gasteiger partial charge in [-0.15, -0.1) is 0 Å². The molecule has 0 aromatic rings. The van der Waals surface area contributed by atoms with E-state index in [9.17, 15) is 9.59 Å². The van der Waals surface area contributed by atoms with Gasteiger partial charge in [0.15, 0.2) is 0 Å². The summed E-state index contributed by atoms with van der Waals surface area (Å²) in [5.74, 6) is 0.502. The van der Waals surface area contributed by atoms with Crippen LogP contribution in [0, 0.1) is 11.8 Å². The Balaban J connectivity index is 1.86. The molecule has 2 rings (SSSR count).